The van der Waals surface area contributed by atoms with Gasteiger partial charge >= 0.3 is 0 Å². The predicted octanol–water partition coefficient (Wildman–Crippen LogP) is 3.25. The summed E-state index contributed by atoms with van der Waals surface area (Å²) >= 11 is 0. The zero-order chi connectivity index (χ0) is 23.3. The van der Waals surface area contributed by atoms with Gasteiger partial charge in [-0.2, -0.15) is 0 Å². The smallest absolute Gasteiger partial charge is 0.270 e. The molecule has 1 aliphatic heterocycles. The molecule has 3 rings (SSSR count). The fourth-order valence-corrected chi connectivity index (χ4v) is 4.90. The minimum Gasteiger partial charge on any atom is -0.349 e. The highest BCUT2D eigenvalue weighted by atomic mass is 32.2. The number of benzene rings is 2. The van der Waals surface area contributed by atoms with E-state index in [0.717, 1.165) is 38.5 Å². The number of nitrogens with zero attached hydrogens (tertiary/aromatic N) is 2. The van der Waals surface area contributed by atoms with E-state index in [1.165, 1.54) is 24.3 Å². The Morgan fingerprint density at radius 3 is 2.50 bits per heavy atom. The topological polar surface area (TPSA) is 122 Å². The van der Waals surface area contributed by atoms with Gasteiger partial charge in [-0.3, -0.25) is 19.6 Å². The van der Waals surface area contributed by atoms with Crippen LogP contribution in [0.25, 0.3) is 0 Å². The number of para-hydroxylation sites is 1. The Morgan fingerprint density at radius 1 is 1.16 bits per heavy atom. The fraction of sp³-hybridized carbons (Fsp3) is 0.409. The van der Waals surface area contributed by atoms with Crippen molar-refractivity contribution in [3.05, 3.63) is 64.2 Å². The van der Waals surface area contributed by atoms with Crippen molar-refractivity contribution in [2.75, 3.05) is 24.4 Å². The van der Waals surface area contributed by atoms with Gasteiger partial charge in [0.05, 0.1) is 21.1 Å². The highest BCUT2D eigenvalue weighted by Crippen LogP contribution is 2.23. The molecule has 0 spiro atoms. The predicted molar refractivity (Wildman–Crippen MR) is 122 cm³/mol. The minimum absolute atomic E-state index is 0.0207. The number of non-ortho nitro benzene ring substituents is 1. The number of nitro groups is 1. The van der Waals surface area contributed by atoms with Crippen LogP contribution in [0.2, 0.25) is 0 Å². The molecule has 0 radical (unpaired) electrons. The fourth-order valence-electron chi connectivity index (χ4n) is 3.78. The van der Waals surface area contributed by atoms with Gasteiger partial charge < -0.3 is 10.2 Å². The largest absolute Gasteiger partial charge is 0.349 e. The van der Waals surface area contributed by atoms with Crippen molar-refractivity contribution >= 4 is 27.3 Å². The number of rotatable bonds is 8. The zero-order valence-corrected chi connectivity index (χ0v) is 19.0. The van der Waals surface area contributed by atoms with E-state index < -0.39 is 14.9 Å². The van der Waals surface area contributed by atoms with Crippen LogP contribution in [0.1, 0.15) is 37.0 Å². The van der Waals surface area contributed by atoms with Gasteiger partial charge in [-0.05, 0) is 37.0 Å². The van der Waals surface area contributed by atoms with Gasteiger partial charge in [-0.15, -0.1) is 0 Å². The summed E-state index contributed by atoms with van der Waals surface area (Å²) < 4.78 is 28.0. The molecule has 10 heteroatoms. The summed E-state index contributed by atoms with van der Waals surface area (Å²) in [4.78, 5) is 25.4. The minimum atomic E-state index is -4.12. The van der Waals surface area contributed by atoms with Crippen molar-refractivity contribution in [3.8, 4) is 0 Å². The normalized spacial score (nSPS) is 15.5. The summed E-state index contributed by atoms with van der Waals surface area (Å²) in [7, 11) is -4.12. The number of sulfonamides is 1. The summed E-state index contributed by atoms with van der Waals surface area (Å²) in [5.41, 5.74) is -0.0115. The number of anilines is 1. The van der Waals surface area contributed by atoms with Crippen LogP contribution in [-0.4, -0.2) is 49.8 Å². The summed E-state index contributed by atoms with van der Waals surface area (Å²) in [6.45, 7) is 7.20. The van der Waals surface area contributed by atoms with E-state index >= 15 is 0 Å². The Hall–Kier alpha value is -2.98. The van der Waals surface area contributed by atoms with Crippen molar-refractivity contribution < 1.29 is 18.1 Å². The summed E-state index contributed by atoms with van der Waals surface area (Å²) in [6.07, 6.45) is 1.67. The lowest BCUT2D eigenvalue weighted by atomic mass is 10.0. The van der Waals surface area contributed by atoms with Crippen LogP contribution in [0, 0.1) is 16.0 Å². The molecule has 0 unspecified atom stereocenters. The Balaban J connectivity index is 1.71. The number of piperidine rings is 1. The van der Waals surface area contributed by atoms with Gasteiger partial charge in [0.2, 0.25) is 0 Å². The molecule has 1 heterocycles. The van der Waals surface area contributed by atoms with E-state index in [1.807, 2.05) is 0 Å². The van der Waals surface area contributed by atoms with Crippen molar-refractivity contribution in [1.29, 1.82) is 0 Å². The third-order valence-corrected chi connectivity index (χ3v) is 6.66. The van der Waals surface area contributed by atoms with E-state index in [0.29, 0.717) is 5.92 Å². The number of carbonyl (C=O) groups excluding carboxylic acids is 1. The molecule has 1 aliphatic rings. The molecular formula is C22H28N4O5S. The second-order valence-electron chi connectivity index (χ2n) is 8.35. The Labute approximate surface area is 188 Å². The van der Waals surface area contributed by atoms with Crippen molar-refractivity contribution in [1.82, 2.24) is 10.2 Å². The Bertz CT molecular complexity index is 1080. The van der Waals surface area contributed by atoms with Crippen LogP contribution >= 0.6 is 0 Å². The Morgan fingerprint density at radius 2 is 1.84 bits per heavy atom. The first kappa shape index (κ1) is 23.7. The SMILES string of the molecule is CC(C)CN1CCC(NC(=O)c2ccccc2NS(=O)(=O)c2cccc([N+](=O)[O-])c2)CC1. The first-order valence-electron chi connectivity index (χ1n) is 10.5. The summed E-state index contributed by atoms with van der Waals surface area (Å²) in [5, 5.41) is 14.0. The maximum absolute atomic E-state index is 12.9. The summed E-state index contributed by atoms with van der Waals surface area (Å²) in [6, 6.07) is 11.1. The lowest BCUT2D eigenvalue weighted by Gasteiger charge is -2.33. The van der Waals surface area contributed by atoms with Crippen LogP contribution in [0.3, 0.4) is 0 Å². The van der Waals surface area contributed by atoms with E-state index in [9.17, 15) is 23.3 Å². The molecule has 1 fully saturated rings. The first-order valence-corrected chi connectivity index (χ1v) is 12.0. The van der Waals surface area contributed by atoms with Gasteiger partial charge in [0, 0.05) is 37.8 Å². The second-order valence-corrected chi connectivity index (χ2v) is 10.0. The number of carbonyl (C=O) groups is 1. The first-order chi connectivity index (χ1) is 15.2. The van der Waals surface area contributed by atoms with E-state index in [4.69, 9.17) is 0 Å². The molecule has 0 saturated carbocycles. The molecule has 9 nitrogen and oxygen atoms in total. The van der Waals surface area contributed by atoms with Gasteiger partial charge in [0.25, 0.3) is 21.6 Å². The maximum Gasteiger partial charge on any atom is 0.270 e. The molecule has 1 saturated heterocycles. The lowest BCUT2D eigenvalue weighted by Crippen LogP contribution is -2.45. The quantitative estimate of drug-likeness (QED) is 0.461. The monoisotopic (exact) mass is 460 g/mol. The van der Waals surface area contributed by atoms with Crippen LogP contribution < -0.4 is 10.0 Å². The van der Waals surface area contributed by atoms with E-state index in [1.54, 1.807) is 18.2 Å². The highest BCUT2D eigenvalue weighted by Gasteiger charge is 2.24. The van der Waals surface area contributed by atoms with Crippen molar-refractivity contribution in [2.45, 2.75) is 37.6 Å². The summed E-state index contributed by atoms with van der Waals surface area (Å²) in [5.74, 6) is 0.233. The molecule has 0 bridgehead atoms. The number of hydrogen-bond donors (Lipinski definition) is 2. The number of hydrogen-bond acceptors (Lipinski definition) is 6. The molecule has 172 valence electrons. The molecule has 2 aromatic rings. The van der Waals surface area contributed by atoms with Crippen molar-refractivity contribution in [2.24, 2.45) is 5.92 Å². The average Bonchev–Trinajstić information content (AvgIpc) is 2.75. The van der Waals surface area contributed by atoms with Crippen LogP contribution in [0.5, 0.6) is 0 Å². The number of nitro benzene ring substituents is 1. The molecule has 0 aromatic heterocycles. The molecule has 32 heavy (non-hydrogen) atoms. The van der Waals surface area contributed by atoms with Crippen LogP contribution in [0.15, 0.2) is 53.4 Å². The van der Waals surface area contributed by atoms with Crippen LogP contribution in [0.4, 0.5) is 11.4 Å². The standard InChI is InChI=1S/C22H28N4O5S/c1-16(2)15-25-12-10-17(11-13-25)23-22(27)20-8-3-4-9-21(20)24-32(30,31)19-7-5-6-18(14-19)26(28)29/h3-9,14,16-17,24H,10-13,15H2,1-2H3,(H,23,27). The van der Waals surface area contributed by atoms with E-state index in [-0.39, 0.29) is 33.8 Å². The van der Waals surface area contributed by atoms with Gasteiger partial charge in [-0.25, -0.2) is 8.42 Å². The van der Waals surface area contributed by atoms with Gasteiger partial charge in [0.1, 0.15) is 0 Å². The maximum atomic E-state index is 12.9. The lowest BCUT2D eigenvalue weighted by molar-refractivity contribution is -0.385. The third-order valence-electron chi connectivity index (χ3n) is 5.30. The molecule has 0 atom stereocenters. The zero-order valence-electron chi connectivity index (χ0n) is 18.2. The Kier molecular flexibility index (Phi) is 7.47. The molecule has 0 aliphatic carbocycles. The third kappa shape index (κ3) is 6.04. The molecular weight excluding hydrogens is 432 g/mol. The van der Waals surface area contributed by atoms with Gasteiger partial charge in [0.15, 0.2) is 0 Å². The molecule has 2 aromatic carbocycles. The van der Waals surface area contributed by atoms with Gasteiger partial charge in [-0.1, -0.05) is 32.0 Å². The van der Waals surface area contributed by atoms with Crippen LogP contribution in [-0.2, 0) is 10.0 Å². The van der Waals surface area contributed by atoms with E-state index in [2.05, 4.69) is 28.8 Å². The number of nitrogens with one attached hydrogen (secondary N) is 2. The highest BCUT2D eigenvalue weighted by molar-refractivity contribution is 7.92. The molecule has 2 N–H and O–H groups in total. The average molecular weight is 461 g/mol. The number of likely N-dealkylation sites (tertiary alicyclic amines) is 1. The number of amides is 1. The molecule has 1 amide bonds. The van der Waals surface area contributed by atoms with Crippen molar-refractivity contribution in [3.63, 3.8) is 0 Å². The second kappa shape index (κ2) is 10.1.